The Morgan fingerprint density at radius 1 is 1.16 bits per heavy atom. The fourth-order valence-electron chi connectivity index (χ4n) is 2.18. The van der Waals surface area contributed by atoms with E-state index in [0.29, 0.717) is 27.9 Å². The van der Waals surface area contributed by atoms with Gasteiger partial charge in [0.1, 0.15) is 0 Å². The van der Waals surface area contributed by atoms with Crippen LogP contribution in [-0.2, 0) is 6.42 Å². The largest absolute Gasteiger partial charge is 0.313 e. The van der Waals surface area contributed by atoms with Crippen molar-refractivity contribution < 1.29 is 0 Å². The van der Waals surface area contributed by atoms with Crippen molar-refractivity contribution in [2.75, 3.05) is 6.54 Å². The Kier molecular flexibility index (Phi) is 7.20. The highest BCUT2D eigenvalue weighted by atomic mass is 35.5. The summed E-state index contributed by atoms with van der Waals surface area (Å²) in [5.74, 6) is 1.24. The predicted molar refractivity (Wildman–Crippen MR) is 86.2 cm³/mol. The summed E-state index contributed by atoms with van der Waals surface area (Å²) < 4.78 is 0. The summed E-state index contributed by atoms with van der Waals surface area (Å²) in [5.41, 5.74) is 1.13. The summed E-state index contributed by atoms with van der Waals surface area (Å²) in [5, 5.41) is 4.99. The van der Waals surface area contributed by atoms with Gasteiger partial charge in [-0.25, -0.2) is 0 Å². The molecule has 0 aliphatic heterocycles. The summed E-state index contributed by atoms with van der Waals surface area (Å²) in [6.07, 6.45) is 2.07. The van der Waals surface area contributed by atoms with E-state index in [2.05, 4.69) is 39.1 Å². The Labute approximate surface area is 127 Å². The number of hydrogen-bond acceptors (Lipinski definition) is 1. The van der Waals surface area contributed by atoms with Gasteiger partial charge in [-0.1, -0.05) is 63.0 Å². The Bertz CT molecular complexity index is 390. The van der Waals surface area contributed by atoms with Crippen molar-refractivity contribution in [2.24, 2.45) is 11.8 Å². The number of benzene rings is 1. The maximum atomic E-state index is 6.30. The second kappa shape index (κ2) is 8.14. The molecule has 0 aliphatic rings. The second-order valence-corrected chi connectivity index (χ2v) is 6.37. The van der Waals surface area contributed by atoms with Gasteiger partial charge in [-0.2, -0.15) is 0 Å². The standard InChI is InChI=1S/C16H25Cl2N/c1-5-9-19-15(12(4)11(2)3)10-13-7-6-8-14(17)16(13)18/h6-8,11-12,15,19H,5,9-10H2,1-4H3. The van der Waals surface area contributed by atoms with Crippen molar-refractivity contribution in [2.45, 2.75) is 46.6 Å². The first-order chi connectivity index (χ1) is 8.97. The first-order valence-electron chi connectivity index (χ1n) is 7.13. The molecule has 0 saturated heterocycles. The molecule has 0 aromatic heterocycles. The van der Waals surface area contributed by atoms with Gasteiger partial charge in [0.15, 0.2) is 0 Å². The van der Waals surface area contributed by atoms with Gasteiger partial charge in [-0.3, -0.25) is 0 Å². The first-order valence-corrected chi connectivity index (χ1v) is 7.89. The lowest BCUT2D eigenvalue weighted by Gasteiger charge is -2.28. The maximum Gasteiger partial charge on any atom is 0.0624 e. The van der Waals surface area contributed by atoms with Crippen LogP contribution in [-0.4, -0.2) is 12.6 Å². The molecule has 3 heteroatoms. The predicted octanol–water partition coefficient (Wildman–Crippen LogP) is 5.20. The minimum Gasteiger partial charge on any atom is -0.313 e. The van der Waals surface area contributed by atoms with Gasteiger partial charge in [0.05, 0.1) is 10.0 Å². The lowest BCUT2D eigenvalue weighted by atomic mass is 9.86. The lowest BCUT2D eigenvalue weighted by Crippen LogP contribution is -2.39. The minimum absolute atomic E-state index is 0.441. The quantitative estimate of drug-likeness (QED) is 0.730. The van der Waals surface area contributed by atoms with Crippen LogP contribution in [0.5, 0.6) is 0 Å². The molecule has 0 amide bonds. The lowest BCUT2D eigenvalue weighted by molar-refractivity contribution is 0.297. The van der Waals surface area contributed by atoms with Crippen LogP contribution in [0.2, 0.25) is 10.0 Å². The molecule has 0 spiro atoms. The molecule has 1 aromatic rings. The summed E-state index contributed by atoms with van der Waals surface area (Å²) in [7, 11) is 0. The van der Waals surface area contributed by atoms with Crippen LogP contribution in [0.4, 0.5) is 0 Å². The van der Waals surface area contributed by atoms with Crippen molar-refractivity contribution >= 4 is 23.2 Å². The molecule has 108 valence electrons. The second-order valence-electron chi connectivity index (χ2n) is 5.58. The van der Waals surface area contributed by atoms with E-state index < -0.39 is 0 Å². The number of halogens is 2. The molecule has 1 N–H and O–H groups in total. The van der Waals surface area contributed by atoms with E-state index in [1.54, 1.807) is 0 Å². The highest BCUT2D eigenvalue weighted by Gasteiger charge is 2.21. The third kappa shape index (κ3) is 4.98. The third-order valence-corrected chi connectivity index (χ3v) is 4.67. The summed E-state index contributed by atoms with van der Waals surface area (Å²) in [6.45, 7) is 10.1. The highest BCUT2D eigenvalue weighted by molar-refractivity contribution is 6.42. The molecule has 19 heavy (non-hydrogen) atoms. The molecular formula is C16H25Cl2N. The van der Waals surface area contributed by atoms with E-state index in [1.807, 2.05) is 12.1 Å². The Morgan fingerprint density at radius 3 is 2.42 bits per heavy atom. The molecule has 1 aromatic carbocycles. The fraction of sp³-hybridized carbons (Fsp3) is 0.625. The van der Waals surface area contributed by atoms with Gasteiger partial charge >= 0.3 is 0 Å². The average molecular weight is 302 g/mol. The van der Waals surface area contributed by atoms with E-state index in [-0.39, 0.29) is 0 Å². The van der Waals surface area contributed by atoms with Crippen LogP contribution >= 0.6 is 23.2 Å². The zero-order chi connectivity index (χ0) is 14.4. The van der Waals surface area contributed by atoms with E-state index in [9.17, 15) is 0 Å². The van der Waals surface area contributed by atoms with Crippen LogP contribution in [0.1, 0.15) is 39.7 Å². The third-order valence-electron chi connectivity index (χ3n) is 3.81. The van der Waals surface area contributed by atoms with Crippen LogP contribution in [0.15, 0.2) is 18.2 Å². The zero-order valence-corrected chi connectivity index (χ0v) is 13.9. The fourth-order valence-corrected chi connectivity index (χ4v) is 2.58. The maximum absolute atomic E-state index is 6.30. The molecule has 2 unspecified atom stereocenters. The Hall–Kier alpha value is -0.240. The number of rotatable bonds is 7. The topological polar surface area (TPSA) is 12.0 Å². The molecule has 0 radical (unpaired) electrons. The van der Waals surface area contributed by atoms with Gasteiger partial charge in [0.25, 0.3) is 0 Å². The van der Waals surface area contributed by atoms with Gasteiger partial charge in [0, 0.05) is 6.04 Å². The normalized spacial score (nSPS) is 14.7. The molecule has 0 aliphatic carbocycles. The number of hydrogen-bond donors (Lipinski definition) is 1. The molecular weight excluding hydrogens is 277 g/mol. The number of nitrogens with one attached hydrogen (secondary N) is 1. The van der Waals surface area contributed by atoms with Gasteiger partial charge < -0.3 is 5.32 Å². The molecule has 2 atom stereocenters. The summed E-state index contributed by atoms with van der Waals surface area (Å²) in [4.78, 5) is 0. The first kappa shape index (κ1) is 16.8. The van der Waals surface area contributed by atoms with E-state index >= 15 is 0 Å². The van der Waals surface area contributed by atoms with Crippen molar-refractivity contribution in [3.8, 4) is 0 Å². The molecule has 1 rings (SSSR count). The minimum atomic E-state index is 0.441. The van der Waals surface area contributed by atoms with Gasteiger partial charge in [-0.15, -0.1) is 0 Å². The van der Waals surface area contributed by atoms with E-state index in [0.717, 1.165) is 24.9 Å². The zero-order valence-electron chi connectivity index (χ0n) is 12.3. The van der Waals surface area contributed by atoms with Crippen molar-refractivity contribution in [1.82, 2.24) is 5.32 Å². The van der Waals surface area contributed by atoms with Crippen LogP contribution < -0.4 is 5.32 Å². The van der Waals surface area contributed by atoms with Gasteiger partial charge in [-0.05, 0) is 42.9 Å². The molecule has 1 nitrogen and oxygen atoms in total. The highest BCUT2D eigenvalue weighted by Crippen LogP contribution is 2.28. The van der Waals surface area contributed by atoms with Gasteiger partial charge in [0.2, 0.25) is 0 Å². The average Bonchev–Trinajstić information content (AvgIpc) is 2.38. The monoisotopic (exact) mass is 301 g/mol. The van der Waals surface area contributed by atoms with Crippen molar-refractivity contribution in [3.05, 3.63) is 33.8 Å². The van der Waals surface area contributed by atoms with E-state index in [1.165, 1.54) is 0 Å². The summed E-state index contributed by atoms with van der Waals surface area (Å²) >= 11 is 12.4. The van der Waals surface area contributed by atoms with Crippen LogP contribution in [0.3, 0.4) is 0 Å². The molecule has 0 bridgehead atoms. The molecule has 0 saturated carbocycles. The molecule has 0 heterocycles. The summed E-state index contributed by atoms with van der Waals surface area (Å²) in [6, 6.07) is 6.33. The Morgan fingerprint density at radius 2 is 1.84 bits per heavy atom. The molecule has 0 fully saturated rings. The van der Waals surface area contributed by atoms with Crippen molar-refractivity contribution in [3.63, 3.8) is 0 Å². The van der Waals surface area contributed by atoms with Crippen LogP contribution in [0, 0.1) is 11.8 Å². The van der Waals surface area contributed by atoms with Crippen molar-refractivity contribution in [1.29, 1.82) is 0 Å². The Balaban J connectivity index is 2.84. The SMILES string of the molecule is CCCNC(Cc1cccc(Cl)c1Cl)C(C)C(C)C. The van der Waals surface area contributed by atoms with E-state index in [4.69, 9.17) is 23.2 Å². The van der Waals surface area contributed by atoms with Crippen LogP contribution in [0.25, 0.3) is 0 Å². The smallest absolute Gasteiger partial charge is 0.0624 e.